The molecule has 2 aromatic rings. The monoisotopic (exact) mass is 866 g/mol. The summed E-state index contributed by atoms with van der Waals surface area (Å²) in [5.41, 5.74) is -3.99. The van der Waals surface area contributed by atoms with Crippen LogP contribution >= 0.6 is 0 Å². The number of alkyl carbamates (subject to hydrolysis) is 1. The van der Waals surface area contributed by atoms with Gasteiger partial charge in [-0.25, -0.2) is 32.0 Å². The van der Waals surface area contributed by atoms with Crippen molar-refractivity contribution in [3.63, 3.8) is 0 Å². The number of rotatable bonds is 8. The number of fused-ring (bicyclic) bond motifs is 5. The van der Waals surface area contributed by atoms with E-state index in [2.05, 4.69) is 20.6 Å². The van der Waals surface area contributed by atoms with Crippen molar-refractivity contribution in [3.8, 4) is 11.6 Å². The number of ether oxygens (including phenoxy) is 3. The lowest BCUT2D eigenvalue weighted by molar-refractivity contribution is -0.144. The van der Waals surface area contributed by atoms with Crippen LogP contribution in [-0.4, -0.2) is 102 Å². The van der Waals surface area contributed by atoms with Crippen LogP contribution in [0.15, 0.2) is 30.4 Å². The van der Waals surface area contributed by atoms with E-state index in [-0.39, 0.29) is 42.6 Å². The van der Waals surface area contributed by atoms with Gasteiger partial charge < -0.3 is 29.7 Å². The molecule has 2 aliphatic heterocycles. The molecule has 0 spiro atoms. The third-order valence-corrected chi connectivity index (χ3v) is 14.6. The molecule has 4 amide bonds. The summed E-state index contributed by atoms with van der Waals surface area (Å²) in [4.78, 5) is 66.2. The van der Waals surface area contributed by atoms with E-state index < -0.39 is 123 Å². The van der Waals surface area contributed by atoms with Crippen molar-refractivity contribution in [2.45, 2.75) is 126 Å². The number of allylic oxidation sites excluding steroid dienone is 2. The highest BCUT2D eigenvalue weighted by molar-refractivity contribution is 7.91. The number of methoxy groups -OCH3 is 1. The molecule has 3 saturated carbocycles. The Hall–Kier alpha value is -4.75. The molecule has 20 heteroatoms. The normalized spacial score (nSPS) is 31.6. The first-order valence-electron chi connectivity index (χ1n) is 20.1. The number of carbonyl (C=O) groups excluding carboxylic acids is 4. The summed E-state index contributed by atoms with van der Waals surface area (Å²) in [6.45, 7) is 7.57. The van der Waals surface area contributed by atoms with Crippen molar-refractivity contribution < 1.29 is 59.4 Å². The van der Waals surface area contributed by atoms with E-state index in [0.29, 0.717) is 24.7 Å². The maximum atomic E-state index is 16.3. The minimum Gasteiger partial charge on any atom is -0.497 e. The summed E-state index contributed by atoms with van der Waals surface area (Å²) in [5, 5.41) is 5.04. The smallest absolute Gasteiger partial charge is 0.408 e. The van der Waals surface area contributed by atoms with E-state index in [1.165, 1.54) is 38.3 Å². The van der Waals surface area contributed by atoms with Crippen LogP contribution in [0.25, 0.3) is 11.0 Å². The van der Waals surface area contributed by atoms with E-state index in [1.54, 1.807) is 27.7 Å². The summed E-state index contributed by atoms with van der Waals surface area (Å²) in [6, 6.07) is 1.50. The van der Waals surface area contributed by atoms with Crippen molar-refractivity contribution in [1.82, 2.24) is 30.2 Å². The van der Waals surface area contributed by atoms with Crippen molar-refractivity contribution in [1.29, 1.82) is 0 Å². The first-order valence-corrected chi connectivity index (χ1v) is 21.6. The Kier molecular flexibility index (Phi) is 11.1. The van der Waals surface area contributed by atoms with E-state index in [9.17, 15) is 36.4 Å². The molecular weight excluding hydrogens is 817 g/mol. The lowest BCUT2D eigenvalue weighted by Gasteiger charge is -2.36. The second-order valence-corrected chi connectivity index (χ2v) is 20.1. The lowest BCUT2D eigenvalue weighted by Crippen LogP contribution is -2.61. The Bertz CT molecular complexity index is 2220. The Morgan fingerprint density at radius 2 is 1.82 bits per heavy atom. The molecule has 3 heterocycles. The first kappa shape index (κ1) is 43.3. The highest BCUT2D eigenvalue weighted by Gasteiger charge is 2.68. The Morgan fingerprint density at radius 3 is 2.43 bits per heavy atom. The predicted molar refractivity (Wildman–Crippen MR) is 206 cm³/mol. The van der Waals surface area contributed by atoms with Crippen LogP contribution in [0.3, 0.4) is 0 Å². The number of carbonyl (C=O) groups is 4. The van der Waals surface area contributed by atoms with E-state index in [4.69, 9.17) is 14.2 Å². The summed E-state index contributed by atoms with van der Waals surface area (Å²) in [5.74, 6) is -10.2. The van der Waals surface area contributed by atoms with Crippen molar-refractivity contribution in [2.24, 2.45) is 23.2 Å². The fraction of sp³-hybridized carbons (Fsp3) is 0.650. The van der Waals surface area contributed by atoms with Gasteiger partial charge >= 0.3 is 12.0 Å². The maximum absolute atomic E-state index is 16.3. The van der Waals surface area contributed by atoms with E-state index in [1.807, 2.05) is 4.72 Å². The average Bonchev–Trinajstić information content (AvgIpc) is 4.12. The Balaban J connectivity index is 1.31. The topological polar surface area (TPSA) is 195 Å². The van der Waals surface area contributed by atoms with Crippen molar-refractivity contribution in [2.75, 3.05) is 13.7 Å². The standard InChI is InChI=1S/C40H50F4N6O9S/c1-7-22-27-19-50(28(22)32(51)48-39(18-23(39)31(41)42)35(53)49-60(55,56)38(5)14-15-38)34(52)30(37(2,3)4)47-36(54)59-26-16-20(26)10-8-9-13-40(43,44)29-33(58-27)46-25-17-21(57-6)11-12-24(25)45-29/h9,11-13,17,20,22-23,26-28,30-31H,7-8,10,14-16,18-19H2,1-6H3,(H,47,54)(H,48,51)(H,49,53)/b13-9-/t20-,22-,23+,26-,27+,28+,30-,39-/m1/s1. The van der Waals surface area contributed by atoms with Gasteiger partial charge in [0.15, 0.2) is 5.69 Å². The molecule has 8 atom stereocenters. The molecule has 60 heavy (non-hydrogen) atoms. The SMILES string of the molecule is CC[C@@H]1[C@@H]2CN(C(=O)[C@H](C(C)(C)C)NC(=O)O[C@@H]3C[C@H]3CC/C=C\C(F)(F)c3nc4ccc(OC)cc4nc3O2)[C@@H]1C(=O)N[C@]1(C(=O)NS(=O)(=O)C2(C)CC2)C[C@H]1C(F)F. The maximum Gasteiger partial charge on any atom is 0.408 e. The zero-order valence-electron chi connectivity index (χ0n) is 34.1. The molecule has 4 fully saturated rings. The fourth-order valence-corrected chi connectivity index (χ4v) is 9.47. The van der Waals surface area contributed by atoms with Gasteiger partial charge in [-0.2, -0.15) is 8.78 Å². The number of nitrogens with one attached hydrogen (secondary N) is 3. The van der Waals surface area contributed by atoms with Gasteiger partial charge in [0.1, 0.15) is 35.6 Å². The van der Waals surface area contributed by atoms with Gasteiger partial charge in [-0.05, 0) is 81.4 Å². The van der Waals surface area contributed by atoms with Gasteiger partial charge in [0.05, 0.1) is 35.4 Å². The minimum atomic E-state index is -4.32. The lowest BCUT2D eigenvalue weighted by atomic mass is 9.85. The van der Waals surface area contributed by atoms with Crippen molar-refractivity contribution >= 4 is 44.9 Å². The number of sulfonamides is 1. The molecule has 3 N–H and O–H groups in total. The molecule has 3 aliphatic carbocycles. The van der Waals surface area contributed by atoms with Crippen molar-refractivity contribution in [3.05, 3.63) is 36.0 Å². The highest BCUT2D eigenvalue weighted by Crippen LogP contribution is 2.50. The number of aromatic nitrogens is 2. The number of amides is 4. The van der Waals surface area contributed by atoms with Crippen LogP contribution < -0.4 is 24.8 Å². The number of hydrogen-bond acceptors (Lipinski definition) is 11. The van der Waals surface area contributed by atoms with Gasteiger partial charge in [-0.15, -0.1) is 0 Å². The molecule has 1 aromatic heterocycles. The molecule has 1 aromatic carbocycles. The number of benzene rings is 1. The molecule has 328 valence electrons. The van der Waals surface area contributed by atoms with E-state index >= 15 is 8.78 Å². The summed E-state index contributed by atoms with van der Waals surface area (Å²) < 4.78 is 105. The van der Waals surface area contributed by atoms with Gasteiger partial charge in [0.2, 0.25) is 34.1 Å². The third-order valence-electron chi connectivity index (χ3n) is 12.5. The van der Waals surface area contributed by atoms with Gasteiger partial charge in [0, 0.05) is 12.0 Å². The Labute approximate surface area is 344 Å². The second kappa shape index (κ2) is 15.3. The first-order chi connectivity index (χ1) is 28.0. The highest BCUT2D eigenvalue weighted by atomic mass is 32.2. The summed E-state index contributed by atoms with van der Waals surface area (Å²) in [7, 11) is -2.91. The Morgan fingerprint density at radius 1 is 1.10 bits per heavy atom. The van der Waals surface area contributed by atoms with Gasteiger partial charge in [-0.1, -0.05) is 33.8 Å². The van der Waals surface area contributed by atoms with Crippen LogP contribution in [0.2, 0.25) is 0 Å². The number of alkyl halides is 4. The van der Waals surface area contributed by atoms with Gasteiger partial charge in [0.25, 0.3) is 5.91 Å². The summed E-state index contributed by atoms with van der Waals surface area (Å²) >= 11 is 0. The molecule has 2 bridgehead atoms. The second-order valence-electron chi connectivity index (χ2n) is 17.9. The fourth-order valence-electron chi connectivity index (χ4n) is 8.16. The molecule has 0 radical (unpaired) electrons. The van der Waals surface area contributed by atoms with Crippen LogP contribution in [0.5, 0.6) is 11.6 Å². The van der Waals surface area contributed by atoms with Crippen LogP contribution in [-0.2, 0) is 35.1 Å². The van der Waals surface area contributed by atoms with Crippen LogP contribution in [0.1, 0.15) is 85.3 Å². The van der Waals surface area contributed by atoms with Gasteiger partial charge in [-0.3, -0.25) is 19.1 Å². The molecule has 7 rings (SSSR count). The average molecular weight is 867 g/mol. The van der Waals surface area contributed by atoms with Crippen LogP contribution in [0, 0.1) is 23.2 Å². The molecule has 5 aliphatic rings. The largest absolute Gasteiger partial charge is 0.497 e. The number of nitrogens with zero attached hydrogens (tertiary/aromatic N) is 3. The van der Waals surface area contributed by atoms with Crippen LogP contribution in [0.4, 0.5) is 22.4 Å². The van der Waals surface area contributed by atoms with E-state index in [0.717, 1.165) is 4.90 Å². The quantitative estimate of drug-likeness (QED) is 0.245. The third kappa shape index (κ3) is 8.19. The number of hydrogen-bond donors (Lipinski definition) is 3. The zero-order chi connectivity index (χ0) is 43.7. The molecular formula is C40H50F4N6O9S. The summed E-state index contributed by atoms with van der Waals surface area (Å²) in [6.07, 6.45) is -2.81. The molecule has 15 nitrogen and oxygen atoms in total. The predicted octanol–water partition coefficient (Wildman–Crippen LogP) is 4.73. The number of halogens is 4. The minimum absolute atomic E-state index is 0.0376. The molecule has 1 saturated heterocycles. The zero-order valence-corrected chi connectivity index (χ0v) is 34.9. The molecule has 0 unspecified atom stereocenters.